The van der Waals surface area contributed by atoms with E-state index in [1.54, 1.807) is 24.3 Å². The summed E-state index contributed by atoms with van der Waals surface area (Å²) in [5.41, 5.74) is 1.73. The summed E-state index contributed by atoms with van der Waals surface area (Å²) in [6, 6.07) is 8.44. The summed E-state index contributed by atoms with van der Waals surface area (Å²) < 4.78 is 18.7. The Morgan fingerprint density at radius 2 is 2.09 bits per heavy atom. The third-order valence-corrected chi connectivity index (χ3v) is 3.81. The van der Waals surface area contributed by atoms with Crippen LogP contribution in [0.1, 0.15) is 27.5 Å². The van der Waals surface area contributed by atoms with Crippen LogP contribution in [0.4, 0.5) is 4.39 Å². The fourth-order valence-corrected chi connectivity index (χ4v) is 2.28. The maximum absolute atomic E-state index is 13.5. The lowest BCUT2D eigenvalue weighted by atomic mass is 10.1. The first-order chi connectivity index (χ1) is 11.0. The molecule has 2 aromatic rings. The molecule has 0 saturated carbocycles. The normalized spacial score (nSPS) is 11.9. The molecule has 0 saturated heterocycles. The molecule has 0 bridgehead atoms. The standard InChI is InChI=1S/C17H17ClFNO3/c1-10-3-4-12(8-16(10)23-2)17(22)20-15(9-21)11-5-6-13(18)14(19)7-11/h3-8,15,21H,9H2,1-2H3,(H,20,22). The van der Waals surface area contributed by atoms with Crippen molar-refractivity contribution >= 4 is 17.5 Å². The molecule has 0 heterocycles. The number of hydrogen-bond acceptors (Lipinski definition) is 3. The third-order valence-electron chi connectivity index (χ3n) is 3.50. The van der Waals surface area contributed by atoms with E-state index in [0.29, 0.717) is 16.9 Å². The molecule has 0 radical (unpaired) electrons. The van der Waals surface area contributed by atoms with Crippen molar-refractivity contribution in [2.45, 2.75) is 13.0 Å². The minimum atomic E-state index is -0.735. The maximum Gasteiger partial charge on any atom is 0.251 e. The van der Waals surface area contributed by atoms with Crippen LogP contribution in [0.5, 0.6) is 5.75 Å². The molecule has 122 valence electrons. The van der Waals surface area contributed by atoms with Gasteiger partial charge in [-0.2, -0.15) is 0 Å². The fourth-order valence-electron chi connectivity index (χ4n) is 2.17. The Morgan fingerprint density at radius 3 is 2.70 bits per heavy atom. The smallest absolute Gasteiger partial charge is 0.251 e. The Hall–Kier alpha value is -2.11. The van der Waals surface area contributed by atoms with Crippen LogP contribution in [0.3, 0.4) is 0 Å². The Labute approximate surface area is 138 Å². The number of carbonyl (C=O) groups excluding carboxylic acids is 1. The van der Waals surface area contributed by atoms with Crippen molar-refractivity contribution in [2.24, 2.45) is 0 Å². The summed E-state index contributed by atoms with van der Waals surface area (Å²) in [4.78, 5) is 12.3. The van der Waals surface area contributed by atoms with E-state index in [1.165, 1.54) is 19.2 Å². The van der Waals surface area contributed by atoms with Crippen molar-refractivity contribution in [3.8, 4) is 5.75 Å². The predicted molar refractivity (Wildman–Crippen MR) is 86.4 cm³/mol. The number of aliphatic hydroxyl groups excluding tert-OH is 1. The summed E-state index contributed by atoms with van der Waals surface area (Å²) in [5, 5.41) is 12.1. The van der Waals surface area contributed by atoms with E-state index in [4.69, 9.17) is 16.3 Å². The van der Waals surface area contributed by atoms with Gasteiger partial charge in [-0.25, -0.2) is 4.39 Å². The van der Waals surface area contributed by atoms with Gasteiger partial charge in [0.05, 0.1) is 24.8 Å². The summed E-state index contributed by atoms with van der Waals surface area (Å²) in [6.45, 7) is 1.50. The minimum absolute atomic E-state index is 0.0139. The summed E-state index contributed by atoms with van der Waals surface area (Å²) in [7, 11) is 1.52. The molecule has 2 rings (SSSR count). The number of hydrogen-bond donors (Lipinski definition) is 2. The van der Waals surface area contributed by atoms with Gasteiger partial charge >= 0.3 is 0 Å². The number of methoxy groups -OCH3 is 1. The number of benzene rings is 2. The van der Waals surface area contributed by atoms with Crippen LogP contribution in [0.2, 0.25) is 5.02 Å². The van der Waals surface area contributed by atoms with Gasteiger partial charge in [0.1, 0.15) is 11.6 Å². The number of ether oxygens (including phenoxy) is 1. The number of halogens is 2. The molecule has 1 amide bonds. The highest BCUT2D eigenvalue weighted by atomic mass is 35.5. The molecular formula is C17H17ClFNO3. The topological polar surface area (TPSA) is 58.6 Å². The minimum Gasteiger partial charge on any atom is -0.496 e. The highest BCUT2D eigenvalue weighted by Crippen LogP contribution is 2.22. The maximum atomic E-state index is 13.5. The van der Waals surface area contributed by atoms with Crippen molar-refractivity contribution < 1.29 is 19.0 Å². The summed E-state index contributed by atoms with van der Waals surface area (Å²) >= 11 is 5.64. The average molecular weight is 338 g/mol. The first kappa shape index (κ1) is 17.2. The van der Waals surface area contributed by atoms with Gasteiger partial charge in [-0.05, 0) is 42.3 Å². The number of aliphatic hydroxyl groups is 1. The zero-order chi connectivity index (χ0) is 17.0. The molecule has 0 aliphatic rings. The lowest BCUT2D eigenvalue weighted by molar-refractivity contribution is 0.0915. The Morgan fingerprint density at radius 1 is 1.35 bits per heavy atom. The van der Waals surface area contributed by atoms with Crippen LogP contribution in [0.15, 0.2) is 36.4 Å². The van der Waals surface area contributed by atoms with Gasteiger partial charge in [-0.15, -0.1) is 0 Å². The highest BCUT2D eigenvalue weighted by Gasteiger charge is 2.17. The van der Waals surface area contributed by atoms with Crippen molar-refractivity contribution in [2.75, 3.05) is 13.7 Å². The van der Waals surface area contributed by atoms with E-state index in [1.807, 2.05) is 6.92 Å². The molecule has 0 fully saturated rings. The first-order valence-corrected chi connectivity index (χ1v) is 7.35. The molecule has 6 heteroatoms. The van der Waals surface area contributed by atoms with Gasteiger partial charge in [0.25, 0.3) is 5.91 Å². The van der Waals surface area contributed by atoms with Gasteiger partial charge in [-0.3, -0.25) is 4.79 Å². The lowest BCUT2D eigenvalue weighted by Crippen LogP contribution is -2.30. The molecule has 4 nitrogen and oxygen atoms in total. The molecule has 0 spiro atoms. The number of nitrogens with one attached hydrogen (secondary N) is 1. The fraction of sp³-hybridized carbons (Fsp3) is 0.235. The van der Waals surface area contributed by atoms with Gasteiger partial charge in [0.15, 0.2) is 0 Å². The van der Waals surface area contributed by atoms with Gasteiger partial charge in [-0.1, -0.05) is 23.7 Å². The van der Waals surface area contributed by atoms with Crippen molar-refractivity contribution in [1.82, 2.24) is 5.32 Å². The van der Waals surface area contributed by atoms with Crippen molar-refractivity contribution in [3.63, 3.8) is 0 Å². The molecule has 0 aromatic heterocycles. The molecular weight excluding hydrogens is 321 g/mol. The van der Waals surface area contributed by atoms with Crippen LogP contribution < -0.4 is 10.1 Å². The molecule has 0 aliphatic heterocycles. The highest BCUT2D eigenvalue weighted by molar-refractivity contribution is 6.30. The van der Waals surface area contributed by atoms with Crippen LogP contribution in [-0.2, 0) is 0 Å². The van der Waals surface area contributed by atoms with Gasteiger partial charge in [0, 0.05) is 5.56 Å². The number of carbonyl (C=O) groups is 1. The first-order valence-electron chi connectivity index (χ1n) is 6.97. The van der Waals surface area contributed by atoms with Crippen LogP contribution >= 0.6 is 11.6 Å². The van der Waals surface area contributed by atoms with Crippen molar-refractivity contribution in [1.29, 1.82) is 0 Å². The SMILES string of the molecule is COc1cc(C(=O)NC(CO)c2ccc(Cl)c(F)c2)ccc1C. The van der Waals surface area contributed by atoms with E-state index in [2.05, 4.69) is 5.32 Å². The van der Waals surface area contributed by atoms with Gasteiger partial charge in [0.2, 0.25) is 0 Å². The quantitative estimate of drug-likeness (QED) is 0.880. The average Bonchev–Trinajstić information content (AvgIpc) is 2.55. The van der Waals surface area contributed by atoms with E-state index >= 15 is 0 Å². The molecule has 1 unspecified atom stereocenters. The van der Waals surface area contributed by atoms with Crippen LogP contribution in [0, 0.1) is 12.7 Å². The number of aryl methyl sites for hydroxylation is 1. The summed E-state index contributed by atoms with van der Waals surface area (Å²) in [5.74, 6) is -0.401. The molecule has 2 N–H and O–H groups in total. The third kappa shape index (κ3) is 4.00. The molecule has 1 atom stereocenters. The van der Waals surface area contributed by atoms with Gasteiger partial charge < -0.3 is 15.2 Å². The Bertz CT molecular complexity index is 721. The van der Waals surface area contributed by atoms with E-state index in [-0.39, 0.29) is 11.6 Å². The molecule has 0 aliphatic carbocycles. The summed E-state index contributed by atoms with van der Waals surface area (Å²) in [6.07, 6.45) is 0. The molecule has 23 heavy (non-hydrogen) atoms. The molecule has 2 aromatic carbocycles. The number of rotatable bonds is 5. The van der Waals surface area contributed by atoms with Crippen LogP contribution in [0.25, 0.3) is 0 Å². The van der Waals surface area contributed by atoms with E-state index in [0.717, 1.165) is 5.56 Å². The monoisotopic (exact) mass is 337 g/mol. The second-order valence-corrected chi connectivity index (χ2v) is 5.47. The Balaban J connectivity index is 2.21. The second kappa shape index (κ2) is 7.44. The lowest BCUT2D eigenvalue weighted by Gasteiger charge is -2.17. The zero-order valence-corrected chi connectivity index (χ0v) is 13.5. The van der Waals surface area contributed by atoms with Crippen molar-refractivity contribution in [3.05, 3.63) is 63.9 Å². The largest absolute Gasteiger partial charge is 0.496 e. The Kier molecular flexibility index (Phi) is 5.58. The van der Waals surface area contributed by atoms with Crippen LogP contribution in [-0.4, -0.2) is 24.7 Å². The number of amides is 1. The van der Waals surface area contributed by atoms with E-state index in [9.17, 15) is 14.3 Å². The second-order valence-electron chi connectivity index (χ2n) is 5.07. The zero-order valence-electron chi connectivity index (χ0n) is 12.8. The van der Waals surface area contributed by atoms with E-state index < -0.39 is 17.8 Å². The predicted octanol–water partition coefficient (Wildman–Crippen LogP) is 3.26.